The molecule has 0 saturated heterocycles. The summed E-state index contributed by atoms with van der Waals surface area (Å²) in [4.78, 5) is 12.2. The van der Waals surface area contributed by atoms with E-state index in [2.05, 4.69) is 15.4 Å². The van der Waals surface area contributed by atoms with E-state index < -0.39 is 5.92 Å². The average Bonchev–Trinajstić information content (AvgIpc) is 3.13. The molecule has 0 radical (unpaired) electrons. The molecule has 28 heavy (non-hydrogen) atoms. The molecule has 0 amide bonds. The molecule has 7 nitrogen and oxygen atoms in total. The Balaban J connectivity index is 1.87. The van der Waals surface area contributed by atoms with Crippen molar-refractivity contribution in [3.8, 4) is 22.4 Å². The van der Waals surface area contributed by atoms with Crippen LogP contribution in [-0.4, -0.2) is 27.9 Å². The van der Waals surface area contributed by atoms with Crippen LogP contribution >= 0.6 is 11.6 Å². The van der Waals surface area contributed by atoms with Gasteiger partial charge < -0.3 is 15.0 Å². The lowest BCUT2D eigenvalue weighted by molar-refractivity contribution is -0.146. The van der Waals surface area contributed by atoms with Gasteiger partial charge in [-0.1, -0.05) is 54.9 Å². The summed E-state index contributed by atoms with van der Waals surface area (Å²) in [5.41, 5.74) is 8.92. The number of carbonyl (C=O) groups is 1. The van der Waals surface area contributed by atoms with Gasteiger partial charge in [-0.2, -0.15) is 0 Å². The van der Waals surface area contributed by atoms with Gasteiger partial charge in [-0.05, 0) is 24.5 Å². The van der Waals surface area contributed by atoms with E-state index in [9.17, 15) is 4.79 Å². The Kier molecular flexibility index (Phi) is 5.94. The number of benzene rings is 1. The lowest BCUT2D eigenvalue weighted by Crippen LogP contribution is -2.20. The first kappa shape index (κ1) is 19.8. The minimum Gasteiger partial charge on any atom is -0.465 e. The van der Waals surface area contributed by atoms with Gasteiger partial charge in [0.1, 0.15) is 11.6 Å². The first-order valence-electron chi connectivity index (χ1n) is 8.93. The van der Waals surface area contributed by atoms with Gasteiger partial charge in [0.2, 0.25) is 0 Å². The number of nitrogen functional groups attached to an aromatic ring is 1. The fraction of sp³-hybridized carbons (Fsp3) is 0.300. The maximum atomic E-state index is 12.2. The molecule has 2 aromatic heterocycles. The summed E-state index contributed by atoms with van der Waals surface area (Å²) in [5.74, 6) is 0.00417. The van der Waals surface area contributed by atoms with E-state index in [0.29, 0.717) is 29.4 Å². The number of rotatable bonds is 6. The number of nitrogens with two attached hydrogens (primary N) is 1. The molecule has 1 aromatic carbocycles. The van der Waals surface area contributed by atoms with Crippen molar-refractivity contribution in [2.24, 2.45) is 5.92 Å². The monoisotopic (exact) mass is 400 g/mol. The van der Waals surface area contributed by atoms with Crippen LogP contribution in [0.2, 0.25) is 5.15 Å². The Morgan fingerprint density at radius 3 is 2.50 bits per heavy atom. The summed E-state index contributed by atoms with van der Waals surface area (Å²) in [7, 11) is 0. The van der Waals surface area contributed by atoms with E-state index in [1.165, 1.54) is 0 Å². The van der Waals surface area contributed by atoms with Crippen molar-refractivity contribution in [3.05, 3.63) is 47.3 Å². The number of aromatic nitrogens is 3. The van der Waals surface area contributed by atoms with Gasteiger partial charge in [-0.15, -0.1) is 10.2 Å². The molecule has 0 spiro atoms. The van der Waals surface area contributed by atoms with Crippen LogP contribution < -0.4 is 5.73 Å². The van der Waals surface area contributed by atoms with E-state index in [4.69, 9.17) is 26.6 Å². The quantitative estimate of drug-likeness (QED) is 0.613. The van der Waals surface area contributed by atoms with Crippen LogP contribution in [0.15, 0.2) is 40.9 Å². The molecule has 3 rings (SSSR count). The summed E-state index contributed by atoms with van der Waals surface area (Å²) in [6.07, 6.45) is 0. The molecular weight excluding hydrogens is 380 g/mol. The normalized spacial score (nSPS) is 12.2. The topological polar surface area (TPSA) is 104 Å². The van der Waals surface area contributed by atoms with Crippen LogP contribution in [0.1, 0.15) is 32.4 Å². The van der Waals surface area contributed by atoms with E-state index in [1.54, 1.807) is 19.1 Å². The van der Waals surface area contributed by atoms with Crippen LogP contribution in [0.5, 0.6) is 0 Å². The van der Waals surface area contributed by atoms with Gasteiger partial charge in [-0.25, -0.2) is 0 Å². The van der Waals surface area contributed by atoms with E-state index in [0.717, 1.165) is 11.1 Å². The van der Waals surface area contributed by atoms with E-state index >= 15 is 0 Å². The first-order chi connectivity index (χ1) is 13.4. The number of hydrogen-bond acceptors (Lipinski definition) is 7. The Hall–Kier alpha value is -2.93. The number of hydrogen-bond donors (Lipinski definition) is 1. The van der Waals surface area contributed by atoms with Crippen LogP contribution in [0.3, 0.4) is 0 Å². The van der Waals surface area contributed by atoms with Crippen molar-refractivity contribution < 1.29 is 14.1 Å². The highest BCUT2D eigenvalue weighted by Gasteiger charge is 2.29. The highest BCUT2D eigenvalue weighted by molar-refractivity contribution is 6.29. The van der Waals surface area contributed by atoms with Gasteiger partial charge in [-0.3, -0.25) is 4.79 Å². The van der Waals surface area contributed by atoms with Crippen LogP contribution in [0.4, 0.5) is 5.82 Å². The zero-order valence-corrected chi connectivity index (χ0v) is 16.6. The number of anilines is 1. The van der Waals surface area contributed by atoms with Crippen molar-refractivity contribution in [3.63, 3.8) is 0 Å². The number of ether oxygens (including phenoxy) is 1. The van der Waals surface area contributed by atoms with Crippen LogP contribution in [-0.2, 0) is 9.53 Å². The smallest absolute Gasteiger partial charge is 0.317 e. The summed E-state index contributed by atoms with van der Waals surface area (Å²) in [5, 5.41) is 11.9. The number of carbonyl (C=O) groups excluding carboxylic acids is 1. The zero-order chi connectivity index (χ0) is 20.3. The second-order valence-electron chi connectivity index (χ2n) is 6.63. The molecule has 0 bridgehead atoms. The second-order valence-corrected chi connectivity index (χ2v) is 7.02. The highest BCUT2D eigenvalue weighted by Crippen LogP contribution is 2.31. The maximum Gasteiger partial charge on any atom is 0.317 e. The molecule has 0 aliphatic carbocycles. The van der Waals surface area contributed by atoms with Crippen molar-refractivity contribution in [1.29, 1.82) is 0 Å². The fourth-order valence-corrected chi connectivity index (χ4v) is 3.10. The van der Waals surface area contributed by atoms with Gasteiger partial charge >= 0.3 is 5.97 Å². The first-order valence-corrected chi connectivity index (χ1v) is 9.31. The molecule has 1 unspecified atom stereocenters. The van der Waals surface area contributed by atoms with Crippen LogP contribution in [0, 0.1) is 5.92 Å². The Bertz CT molecular complexity index is 970. The zero-order valence-electron chi connectivity index (χ0n) is 15.8. The summed E-state index contributed by atoms with van der Waals surface area (Å²) in [6.45, 7) is 5.98. The fourth-order valence-electron chi connectivity index (χ4n) is 2.95. The molecule has 2 heterocycles. The van der Waals surface area contributed by atoms with Crippen molar-refractivity contribution in [2.45, 2.75) is 26.7 Å². The van der Waals surface area contributed by atoms with Crippen molar-refractivity contribution in [1.82, 2.24) is 15.4 Å². The lowest BCUT2D eigenvalue weighted by atomic mass is 9.93. The molecule has 0 saturated carbocycles. The third-order valence-corrected chi connectivity index (χ3v) is 4.51. The van der Waals surface area contributed by atoms with Crippen molar-refractivity contribution in [2.75, 3.05) is 12.3 Å². The minimum atomic E-state index is -0.495. The number of esters is 1. The maximum absolute atomic E-state index is 12.2. The molecule has 2 N–H and O–H groups in total. The number of nitrogens with zero attached hydrogens (tertiary/aromatic N) is 3. The Morgan fingerprint density at radius 1 is 1.18 bits per heavy atom. The van der Waals surface area contributed by atoms with Gasteiger partial charge in [0.05, 0.1) is 6.61 Å². The summed E-state index contributed by atoms with van der Waals surface area (Å²) >= 11 is 5.91. The van der Waals surface area contributed by atoms with E-state index in [-0.39, 0.29) is 17.0 Å². The second kappa shape index (κ2) is 8.39. The standard InChI is InChI=1S/C20H21ClN4O3/c1-4-27-20(26)18(11(2)3)16-10-15(25-28-16)13-7-5-12(6-8-13)14-9-17(21)23-24-19(14)22/h5-11,18H,4H2,1-3H3,(H2,22,24). The Labute approximate surface area is 167 Å². The average molecular weight is 401 g/mol. The van der Waals surface area contributed by atoms with E-state index in [1.807, 2.05) is 38.1 Å². The predicted octanol–water partition coefficient (Wildman–Crippen LogP) is 4.34. The molecule has 1 atom stereocenters. The summed E-state index contributed by atoms with van der Waals surface area (Å²) < 4.78 is 10.6. The molecule has 0 aliphatic rings. The third-order valence-electron chi connectivity index (χ3n) is 4.33. The van der Waals surface area contributed by atoms with Gasteiger partial charge in [0.25, 0.3) is 0 Å². The van der Waals surface area contributed by atoms with Crippen molar-refractivity contribution >= 4 is 23.4 Å². The molecule has 8 heteroatoms. The van der Waals surface area contributed by atoms with Crippen LogP contribution in [0.25, 0.3) is 22.4 Å². The Morgan fingerprint density at radius 2 is 1.86 bits per heavy atom. The molecule has 3 aromatic rings. The summed E-state index contributed by atoms with van der Waals surface area (Å²) in [6, 6.07) is 11.0. The molecular formula is C20H21ClN4O3. The lowest BCUT2D eigenvalue weighted by Gasteiger charge is -2.15. The van der Waals surface area contributed by atoms with Gasteiger partial charge in [0.15, 0.2) is 16.7 Å². The molecule has 0 aliphatic heterocycles. The third kappa shape index (κ3) is 4.14. The minimum absolute atomic E-state index is 0.0224. The highest BCUT2D eigenvalue weighted by atomic mass is 35.5. The largest absolute Gasteiger partial charge is 0.465 e. The predicted molar refractivity (Wildman–Crippen MR) is 107 cm³/mol. The SMILES string of the molecule is CCOC(=O)C(c1cc(-c2ccc(-c3cc(Cl)nnc3N)cc2)no1)C(C)C. The molecule has 0 fully saturated rings. The van der Waals surface area contributed by atoms with Gasteiger partial charge in [0, 0.05) is 17.2 Å². The molecule has 146 valence electrons. The number of halogens is 1.